The number of pyridine rings is 2. The van der Waals surface area contributed by atoms with Crippen LogP contribution in [-0.4, -0.2) is 9.97 Å². The Hall–Kier alpha value is -6.32. The van der Waals surface area contributed by atoms with Gasteiger partial charge < -0.3 is 4.74 Å². The first-order chi connectivity index (χ1) is 25.4. The quantitative estimate of drug-likeness (QED) is 0.183. The molecule has 0 atom stereocenters. The van der Waals surface area contributed by atoms with E-state index in [1.54, 1.807) is 0 Å². The van der Waals surface area contributed by atoms with E-state index in [-0.39, 0.29) is 5.41 Å². The SMILES string of the molecule is C/C=C\C1=C(C)c2cc(-c3ccccc3-c3cc(-c4ccccn4)cc(-c4ccccn4)c3)ccc2Oc2c1ccc1c2C(C)(C)c2ccccc2-1. The second-order valence-corrected chi connectivity index (χ2v) is 14.2. The minimum absolute atomic E-state index is 0.201. The first-order valence-electron chi connectivity index (χ1n) is 17.9. The van der Waals surface area contributed by atoms with Gasteiger partial charge in [0, 0.05) is 45.6 Å². The van der Waals surface area contributed by atoms with Gasteiger partial charge in [-0.2, -0.15) is 0 Å². The Kier molecular flexibility index (Phi) is 7.59. The highest BCUT2D eigenvalue weighted by Gasteiger charge is 2.40. The molecule has 0 fully saturated rings. The van der Waals surface area contributed by atoms with Gasteiger partial charge >= 0.3 is 0 Å². The summed E-state index contributed by atoms with van der Waals surface area (Å²) in [7, 11) is 0. The summed E-state index contributed by atoms with van der Waals surface area (Å²) in [5, 5.41) is 0. The van der Waals surface area contributed by atoms with Crippen molar-refractivity contribution in [2.75, 3.05) is 0 Å². The summed E-state index contributed by atoms with van der Waals surface area (Å²) >= 11 is 0. The number of hydrogen-bond acceptors (Lipinski definition) is 3. The van der Waals surface area contributed by atoms with Gasteiger partial charge in [0.05, 0.1) is 11.4 Å². The van der Waals surface area contributed by atoms with Crippen LogP contribution in [0.1, 0.15) is 49.9 Å². The molecular weight excluding hydrogens is 633 g/mol. The summed E-state index contributed by atoms with van der Waals surface area (Å²) in [6.07, 6.45) is 8.06. The Bertz CT molecular complexity index is 2520. The third kappa shape index (κ3) is 5.12. The lowest BCUT2D eigenvalue weighted by Gasteiger charge is -2.25. The summed E-state index contributed by atoms with van der Waals surface area (Å²) in [6.45, 7) is 8.96. The van der Waals surface area contributed by atoms with E-state index in [9.17, 15) is 0 Å². The minimum atomic E-state index is -0.201. The zero-order valence-electron chi connectivity index (χ0n) is 29.8. The fourth-order valence-electron chi connectivity index (χ4n) is 8.19. The van der Waals surface area contributed by atoms with Crippen LogP contribution in [0.2, 0.25) is 0 Å². The van der Waals surface area contributed by atoms with Crippen LogP contribution in [0, 0.1) is 0 Å². The van der Waals surface area contributed by atoms with E-state index >= 15 is 0 Å². The average molecular weight is 671 g/mol. The van der Waals surface area contributed by atoms with Gasteiger partial charge in [0.2, 0.25) is 0 Å². The molecule has 0 spiro atoms. The van der Waals surface area contributed by atoms with Crippen LogP contribution in [0.4, 0.5) is 0 Å². The number of benzene rings is 5. The van der Waals surface area contributed by atoms with Crippen molar-refractivity contribution in [2.24, 2.45) is 0 Å². The molecule has 0 unspecified atom stereocenters. The number of fused-ring (bicyclic) bond motifs is 6. The van der Waals surface area contributed by atoms with E-state index < -0.39 is 0 Å². The van der Waals surface area contributed by atoms with Gasteiger partial charge in [0.15, 0.2) is 0 Å². The van der Waals surface area contributed by atoms with Crippen LogP contribution in [-0.2, 0) is 5.41 Å². The highest BCUT2D eigenvalue weighted by Crippen LogP contribution is 2.56. The third-order valence-corrected chi connectivity index (χ3v) is 10.7. The van der Waals surface area contributed by atoms with Crippen LogP contribution in [0.15, 0.2) is 158 Å². The first-order valence-corrected chi connectivity index (χ1v) is 17.9. The largest absolute Gasteiger partial charge is 0.456 e. The summed E-state index contributed by atoms with van der Waals surface area (Å²) < 4.78 is 7.10. The third-order valence-electron chi connectivity index (χ3n) is 10.7. The molecule has 2 aromatic heterocycles. The van der Waals surface area contributed by atoms with Crippen LogP contribution in [0.3, 0.4) is 0 Å². The maximum Gasteiger partial charge on any atom is 0.139 e. The van der Waals surface area contributed by atoms with E-state index in [0.717, 1.165) is 67.4 Å². The molecule has 52 heavy (non-hydrogen) atoms. The first kappa shape index (κ1) is 31.6. The van der Waals surface area contributed by atoms with Crippen LogP contribution in [0.25, 0.3) is 67.0 Å². The van der Waals surface area contributed by atoms with E-state index in [4.69, 9.17) is 14.7 Å². The molecule has 9 rings (SSSR count). The molecule has 7 aromatic rings. The zero-order valence-corrected chi connectivity index (χ0v) is 29.8. The number of rotatable bonds is 5. The predicted octanol–water partition coefficient (Wildman–Crippen LogP) is 13.1. The Morgan fingerprint density at radius 1 is 0.538 bits per heavy atom. The van der Waals surface area contributed by atoms with Gasteiger partial charge in [-0.3, -0.25) is 9.97 Å². The monoisotopic (exact) mass is 670 g/mol. The lowest BCUT2D eigenvalue weighted by Crippen LogP contribution is -2.16. The molecule has 3 heterocycles. The van der Waals surface area contributed by atoms with Crippen molar-refractivity contribution < 1.29 is 4.74 Å². The molecule has 1 aliphatic carbocycles. The van der Waals surface area contributed by atoms with Crippen molar-refractivity contribution in [3.05, 3.63) is 180 Å². The lowest BCUT2D eigenvalue weighted by atomic mass is 9.80. The molecule has 250 valence electrons. The fraction of sp³-hybridized carbons (Fsp3) is 0.102. The van der Waals surface area contributed by atoms with Gasteiger partial charge in [0.25, 0.3) is 0 Å². The van der Waals surface area contributed by atoms with Crippen molar-refractivity contribution in [1.29, 1.82) is 0 Å². The van der Waals surface area contributed by atoms with Crippen molar-refractivity contribution in [3.8, 4) is 67.4 Å². The molecule has 3 nitrogen and oxygen atoms in total. The number of allylic oxidation sites excluding steroid dienone is 4. The molecule has 0 saturated heterocycles. The van der Waals surface area contributed by atoms with Gasteiger partial charge in [-0.05, 0) is 125 Å². The minimum Gasteiger partial charge on any atom is -0.456 e. The number of hydrogen-bond donors (Lipinski definition) is 0. The zero-order chi connectivity index (χ0) is 35.4. The van der Waals surface area contributed by atoms with Crippen molar-refractivity contribution in [3.63, 3.8) is 0 Å². The summed E-state index contributed by atoms with van der Waals surface area (Å²) in [4.78, 5) is 9.40. The molecule has 0 N–H and O–H groups in total. The van der Waals surface area contributed by atoms with E-state index in [0.29, 0.717) is 0 Å². The topological polar surface area (TPSA) is 35.0 Å². The van der Waals surface area contributed by atoms with Crippen molar-refractivity contribution >= 4 is 11.1 Å². The lowest BCUT2D eigenvalue weighted by molar-refractivity contribution is 0.463. The highest BCUT2D eigenvalue weighted by atomic mass is 16.5. The Morgan fingerprint density at radius 3 is 1.79 bits per heavy atom. The van der Waals surface area contributed by atoms with Gasteiger partial charge in [-0.1, -0.05) is 98.8 Å². The molecule has 0 amide bonds. The van der Waals surface area contributed by atoms with E-state index in [2.05, 4.69) is 149 Å². The summed E-state index contributed by atoms with van der Waals surface area (Å²) in [5.74, 6) is 1.82. The highest BCUT2D eigenvalue weighted by molar-refractivity contribution is 6.02. The maximum absolute atomic E-state index is 7.10. The number of aromatic nitrogens is 2. The second kappa shape index (κ2) is 12.5. The smallest absolute Gasteiger partial charge is 0.139 e. The van der Waals surface area contributed by atoms with Crippen LogP contribution in [0.5, 0.6) is 11.5 Å². The Labute approximate surface area is 305 Å². The fourth-order valence-corrected chi connectivity index (χ4v) is 8.19. The Balaban J connectivity index is 1.21. The molecule has 3 heteroatoms. The van der Waals surface area contributed by atoms with Gasteiger partial charge in [-0.15, -0.1) is 0 Å². The van der Waals surface area contributed by atoms with Crippen LogP contribution < -0.4 is 4.74 Å². The average Bonchev–Trinajstić information content (AvgIpc) is 3.36. The summed E-state index contributed by atoms with van der Waals surface area (Å²) in [5.41, 5.74) is 18.0. The number of ether oxygens (including phenoxy) is 1. The van der Waals surface area contributed by atoms with Crippen LogP contribution >= 0.6 is 0 Å². The standard InChI is InChI=1S/C49H38N2O/c1-5-14-36-31(2)42-30-32(21-24-46(42)52-48-41(36)23-22-40-39-17-8-9-18-43(39)49(3,4)47(40)48)37-15-6-7-16-38(37)33-27-34(44-19-10-12-25-50-44)29-35(28-33)45-20-11-13-26-51-45/h5-30H,1-4H3/b14-5-. The second-order valence-electron chi connectivity index (χ2n) is 14.2. The van der Waals surface area contributed by atoms with Crippen molar-refractivity contribution in [2.45, 2.75) is 33.1 Å². The molecule has 2 aliphatic rings. The normalized spacial score (nSPS) is 13.9. The predicted molar refractivity (Wildman–Crippen MR) is 215 cm³/mol. The molecular formula is C49H38N2O. The molecule has 5 aromatic carbocycles. The van der Waals surface area contributed by atoms with Gasteiger partial charge in [0.1, 0.15) is 11.5 Å². The Morgan fingerprint density at radius 2 is 1.13 bits per heavy atom. The molecule has 1 aliphatic heterocycles. The number of nitrogens with zero attached hydrogens (tertiary/aromatic N) is 2. The molecule has 0 bridgehead atoms. The molecule has 0 saturated carbocycles. The molecule has 0 radical (unpaired) electrons. The van der Waals surface area contributed by atoms with E-state index in [1.165, 1.54) is 33.4 Å². The maximum atomic E-state index is 7.10. The van der Waals surface area contributed by atoms with E-state index in [1.807, 2.05) is 36.7 Å². The van der Waals surface area contributed by atoms with Crippen molar-refractivity contribution in [1.82, 2.24) is 9.97 Å². The van der Waals surface area contributed by atoms with Gasteiger partial charge in [-0.25, -0.2) is 0 Å². The summed E-state index contributed by atoms with van der Waals surface area (Å²) in [6, 6.07) is 47.4.